The maximum absolute atomic E-state index is 4.86. The lowest BCUT2D eigenvalue weighted by Gasteiger charge is -2.22. The van der Waals surface area contributed by atoms with Crippen LogP contribution < -0.4 is 5.32 Å². The van der Waals surface area contributed by atoms with Crippen LogP contribution in [0.4, 0.5) is 0 Å². The summed E-state index contributed by atoms with van der Waals surface area (Å²) < 4.78 is 0. The quantitative estimate of drug-likeness (QED) is 0.855. The molecule has 96 valence electrons. The van der Waals surface area contributed by atoms with Gasteiger partial charge in [-0.1, -0.05) is 20.8 Å². The molecule has 0 aliphatic heterocycles. The molecule has 0 saturated carbocycles. The van der Waals surface area contributed by atoms with Gasteiger partial charge in [-0.25, -0.2) is 4.98 Å². The van der Waals surface area contributed by atoms with Crippen LogP contribution in [0.25, 0.3) is 0 Å². The average Bonchev–Trinajstić information content (AvgIpc) is 2.79. The molecule has 1 heterocycles. The number of thiazole rings is 1. The summed E-state index contributed by atoms with van der Waals surface area (Å²) >= 11 is 1.95. The molecule has 1 aliphatic rings. The zero-order valence-corrected chi connectivity index (χ0v) is 12.1. The largest absolute Gasteiger partial charge is 0.309 e. The van der Waals surface area contributed by atoms with Crippen LogP contribution in [-0.4, -0.2) is 11.5 Å². The first-order chi connectivity index (χ1) is 8.26. The van der Waals surface area contributed by atoms with Crippen molar-refractivity contribution in [1.29, 1.82) is 0 Å². The summed E-state index contributed by atoms with van der Waals surface area (Å²) in [5.74, 6) is 0.623. The van der Waals surface area contributed by atoms with Crippen LogP contribution in [0.3, 0.4) is 0 Å². The molecule has 3 heteroatoms. The minimum Gasteiger partial charge on any atom is -0.309 e. The third kappa shape index (κ3) is 2.89. The van der Waals surface area contributed by atoms with Crippen molar-refractivity contribution in [3.63, 3.8) is 0 Å². The fourth-order valence-corrected chi connectivity index (χ4v) is 3.70. The van der Waals surface area contributed by atoms with E-state index in [-0.39, 0.29) is 0 Å². The fraction of sp³-hybridized carbons (Fsp3) is 0.786. The molecular formula is C14H24N2S. The van der Waals surface area contributed by atoms with Crippen LogP contribution in [0.2, 0.25) is 0 Å². The Hall–Kier alpha value is -0.410. The Morgan fingerprint density at radius 3 is 3.00 bits per heavy atom. The zero-order valence-electron chi connectivity index (χ0n) is 11.3. The molecule has 1 aromatic heterocycles. The van der Waals surface area contributed by atoms with Crippen LogP contribution in [0.15, 0.2) is 0 Å². The molecule has 1 aliphatic carbocycles. The Morgan fingerprint density at radius 1 is 1.47 bits per heavy atom. The highest BCUT2D eigenvalue weighted by Crippen LogP contribution is 2.37. The lowest BCUT2D eigenvalue weighted by Crippen LogP contribution is -2.24. The Bertz CT molecular complexity index is 359. The Labute approximate surface area is 109 Å². The molecule has 2 rings (SSSR count). The van der Waals surface area contributed by atoms with E-state index in [1.54, 1.807) is 0 Å². The summed E-state index contributed by atoms with van der Waals surface area (Å²) in [5, 5.41) is 5.02. The molecule has 0 spiro atoms. The number of rotatable bonds is 5. The standard InChI is InChI=1S/C14H24N2S/c1-4-9-15-11-7-6-8-12-13(11)17-14(16-12)10(3)5-2/h10-11,15H,4-9H2,1-3H3. The van der Waals surface area contributed by atoms with Crippen molar-refractivity contribution in [3.05, 3.63) is 15.6 Å². The van der Waals surface area contributed by atoms with Gasteiger partial charge < -0.3 is 5.32 Å². The lowest BCUT2D eigenvalue weighted by molar-refractivity contribution is 0.464. The highest BCUT2D eigenvalue weighted by Gasteiger charge is 2.24. The molecule has 0 saturated heterocycles. The van der Waals surface area contributed by atoms with Crippen molar-refractivity contribution < 1.29 is 0 Å². The van der Waals surface area contributed by atoms with Gasteiger partial charge in [0.2, 0.25) is 0 Å². The predicted molar refractivity (Wildman–Crippen MR) is 74.8 cm³/mol. The zero-order chi connectivity index (χ0) is 12.3. The first kappa shape index (κ1) is 13.0. The summed E-state index contributed by atoms with van der Waals surface area (Å²) in [6.45, 7) is 7.89. The smallest absolute Gasteiger partial charge is 0.0959 e. The summed E-state index contributed by atoms with van der Waals surface area (Å²) in [4.78, 5) is 6.39. The Kier molecular flexibility index (Phi) is 4.57. The van der Waals surface area contributed by atoms with Crippen LogP contribution in [-0.2, 0) is 6.42 Å². The van der Waals surface area contributed by atoms with Crippen LogP contribution in [0, 0.1) is 0 Å². The number of nitrogens with one attached hydrogen (secondary N) is 1. The SMILES string of the molecule is CCCNC1CCCc2nc(C(C)CC)sc21. The number of aryl methyl sites for hydroxylation is 1. The monoisotopic (exact) mass is 252 g/mol. The van der Waals surface area contributed by atoms with Gasteiger partial charge >= 0.3 is 0 Å². The van der Waals surface area contributed by atoms with E-state index in [0.717, 1.165) is 6.54 Å². The van der Waals surface area contributed by atoms with Gasteiger partial charge in [0, 0.05) is 16.8 Å². The van der Waals surface area contributed by atoms with Crippen molar-refractivity contribution in [2.75, 3.05) is 6.54 Å². The van der Waals surface area contributed by atoms with E-state index in [4.69, 9.17) is 4.98 Å². The number of aromatic nitrogens is 1. The van der Waals surface area contributed by atoms with Gasteiger partial charge in [-0.2, -0.15) is 0 Å². The van der Waals surface area contributed by atoms with Gasteiger partial charge in [0.25, 0.3) is 0 Å². The fourth-order valence-electron chi connectivity index (χ4n) is 2.34. The van der Waals surface area contributed by atoms with Crippen LogP contribution >= 0.6 is 11.3 Å². The molecule has 2 nitrogen and oxygen atoms in total. The topological polar surface area (TPSA) is 24.9 Å². The van der Waals surface area contributed by atoms with E-state index in [0.29, 0.717) is 12.0 Å². The van der Waals surface area contributed by atoms with Crippen molar-refractivity contribution in [1.82, 2.24) is 10.3 Å². The van der Waals surface area contributed by atoms with Gasteiger partial charge in [0.1, 0.15) is 0 Å². The summed E-state index contributed by atoms with van der Waals surface area (Å²) in [5.41, 5.74) is 1.38. The van der Waals surface area contributed by atoms with E-state index in [9.17, 15) is 0 Å². The number of nitrogens with zero attached hydrogens (tertiary/aromatic N) is 1. The molecule has 0 radical (unpaired) electrons. The number of hydrogen-bond donors (Lipinski definition) is 1. The van der Waals surface area contributed by atoms with Crippen LogP contribution in [0.5, 0.6) is 0 Å². The van der Waals surface area contributed by atoms with Crippen molar-refractivity contribution in [2.45, 2.75) is 64.8 Å². The average molecular weight is 252 g/mol. The number of fused-ring (bicyclic) bond motifs is 1. The molecule has 17 heavy (non-hydrogen) atoms. The second-order valence-electron chi connectivity index (χ2n) is 5.07. The molecule has 0 amide bonds. The Morgan fingerprint density at radius 2 is 2.29 bits per heavy atom. The molecule has 1 aromatic rings. The first-order valence-corrected chi connectivity index (χ1v) is 7.80. The maximum atomic E-state index is 4.86. The van der Waals surface area contributed by atoms with E-state index in [1.165, 1.54) is 47.7 Å². The van der Waals surface area contributed by atoms with E-state index in [2.05, 4.69) is 26.1 Å². The summed E-state index contributed by atoms with van der Waals surface area (Å²) in [7, 11) is 0. The molecular weight excluding hydrogens is 228 g/mol. The maximum Gasteiger partial charge on any atom is 0.0959 e. The highest BCUT2D eigenvalue weighted by atomic mass is 32.1. The molecule has 1 N–H and O–H groups in total. The minimum absolute atomic E-state index is 0.578. The van der Waals surface area contributed by atoms with Gasteiger partial charge in [-0.15, -0.1) is 11.3 Å². The van der Waals surface area contributed by atoms with Crippen molar-refractivity contribution in [3.8, 4) is 0 Å². The number of hydrogen-bond acceptors (Lipinski definition) is 3. The summed E-state index contributed by atoms with van der Waals surface area (Å²) in [6.07, 6.45) is 6.17. The molecule has 2 unspecified atom stereocenters. The second kappa shape index (κ2) is 5.96. The highest BCUT2D eigenvalue weighted by molar-refractivity contribution is 7.12. The van der Waals surface area contributed by atoms with Crippen molar-refractivity contribution >= 4 is 11.3 Å². The normalized spacial score (nSPS) is 21.2. The van der Waals surface area contributed by atoms with Gasteiger partial charge in [0.15, 0.2) is 0 Å². The van der Waals surface area contributed by atoms with E-state index in [1.807, 2.05) is 11.3 Å². The minimum atomic E-state index is 0.578. The van der Waals surface area contributed by atoms with Gasteiger partial charge in [-0.05, 0) is 38.6 Å². The molecule has 0 aromatic carbocycles. The first-order valence-electron chi connectivity index (χ1n) is 6.99. The predicted octanol–water partition coefficient (Wildman–Crippen LogP) is 4.03. The molecule has 0 fully saturated rings. The summed E-state index contributed by atoms with van der Waals surface area (Å²) in [6, 6.07) is 0.578. The van der Waals surface area contributed by atoms with E-state index < -0.39 is 0 Å². The Balaban J connectivity index is 2.16. The van der Waals surface area contributed by atoms with Gasteiger partial charge in [0.05, 0.1) is 10.7 Å². The molecule has 0 bridgehead atoms. The molecule has 2 atom stereocenters. The van der Waals surface area contributed by atoms with Gasteiger partial charge in [-0.3, -0.25) is 0 Å². The lowest BCUT2D eigenvalue weighted by atomic mass is 9.98. The van der Waals surface area contributed by atoms with Crippen LogP contribution in [0.1, 0.15) is 74.0 Å². The second-order valence-corrected chi connectivity index (χ2v) is 6.13. The van der Waals surface area contributed by atoms with Crippen molar-refractivity contribution in [2.24, 2.45) is 0 Å². The third-order valence-electron chi connectivity index (χ3n) is 3.64. The van der Waals surface area contributed by atoms with E-state index >= 15 is 0 Å². The third-order valence-corrected chi connectivity index (χ3v) is 5.08.